The zero-order chi connectivity index (χ0) is 10.6. The number of nitrogens with two attached hydrogens (primary N) is 1. The lowest BCUT2D eigenvalue weighted by Crippen LogP contribution is -2.25. The van der Waals surface area contributed by atoms with E-state index in [1.165, 1.54) is 0 Å². The summed E-state index contributed by atoms with van der Waals surface area (Å²) in [6.07, 6.45) is 5.01. The minimum absolute atomic E-state index is 0.0654. The Hall–Kier alpha value is -0.870. The first-order chi connectivity index (χ1) is 6.63. The van der Waals surface area contributed by atoms with Crippen LogP contribution in [0.4, 0.5) is 0 Å². The van der Waals surface area contributed by atoms with E-state index in [1.54, 1.807) is 0 Å². The average molecular weight is 196 g/mol. The first-order valence-electron chi connectivity index (χ1n) is 5.06. The van der Waals surface area contributed by atoms with Gasteiger partial charge in [-0.1, -0.05) is 6.92 Å². The van der Waals surface area contributed by atoms with Crippen molar-refractivity contribution >= 4 is 0 Å². The predicted molar refractivity (Wildman–Crippen MR) is 58.0 cm³/mol. The second-order valence-electron chi connectivity index (χ2n) is 3.91. The van der Waals surface area contributed by atoms with Crippen LogP contribution in [0, 0.1) is 0 Å². The number of aromatic nitrogens is 2. The van der Waals surface area contributed by atoms with Gasteiger partial charge in [-0.05, 0) is 20.5 Å². The summed E-state index contributed by atoms with van der Waals surface area (Å²) in [5.74, 6) is 0. The van der Waals surface area contributed by atoms with Crippen LogP contribution >= 0.6 is 0 Å². The normalized spacial score (nSPS) is 13.5. The molecule has 0 radical (unpaired) electrons. The lowest BCUT2D eigenvalue weighted by Gasteiger charge is -2.14. The van der Waals surface area contributed by atoms with Gasteiger partial charge in [0.25, 0.3) is 0 Å². The third-order valence-corrected chi connectivity index (χ3v) is 2.10. The molecule has 0 aromatic carbocycles. The van der Waals surface area contributed by atoms with Crippen LogP contribution < -0.4 is 5.73 Å². The molecular weight excluding hydrogens is 176 g/mol. The quantitative estimate of drug-likeness (QED) is 0.759. The van der Waals surface area contributed by atoms with E-state index in [1.807, 2.05) is 31.2 Å². The SMILES string of the molecule is CCCn1cc(C(N)CN(C)C)cn1. The molecule has 1 aromatic rings. The molecule has 0 fully saturated rings. The molecule has 0 aliphatic rings. The van der Waals surface area contributed by atoms with Gasteiger partial charge in [0, 0.05) is 30.9 Å². The first kappa shape index (κ1) is 11.2. The van der Waals surface area contributed by atoms with Crippen molar-refractivity contribution in [3.8, 4) is 0 Å². The first-order valence-corrected chi connectivity index (χ1v) is 5.06. The van der Waals surface area contributed by atoms with Crippen LogP contribution in [-0.2, 0) is 6.54 Å². The van der Waals surface area contributed by atoms with E-state index in [0.29, 0.717) is 0 Å². The van der Waals surface area contributed by atoms with Gasteiger partial charge in [-0.25, -0.2) is 0 Å². The van der Waals surface area contributed by atoms with Crippen molar-refractivity contribution < 1.29 is 0 Å². The molecule has 0 aliphatic carbocycles. The molecule has 0 saturated heterocycles. The van der Waals surface area contributed by atoms with Crippen molar-refractivity contribution in [2.45, 2.75) is 25.9 Å². The van der Waals surface area contributed by atoms with Gasteiger partial charge >= 0.3 is 0 Å². The topological polar surface area (TPSA) is 47.1 Å². The molecule has 0 bridgehead atoms. The van der Waals surface area contributed by atoms with Gasteiger partial charge in [-0.3, -0.25) is 4.68 Å². The van der Waals surface area contributed by atoms with Gasteiger partial charge in [0.2, 0.25) is 0 Å². The fraction of sp³-hybridized carbons (Fsp3) is 0.700. The average Bonchev–Trinajstić information content (AvgIpc) is 2.52. The van der Waals surface area contributed by atoms with Crippen LogP contribution in [0.1, 0.15) is 24.9 Å². The number of likely N-dealkylation sites (N-methyl/N-ethyl adjacent to an activating group) is 1. The second kappa shape index (κ2) is 5.12. The summed E-state index contributed by atoms with van der Waals surface area (Å²) < 4.78 is 1.95. The maximum Gasteiger partial charge on any atom is 0.0538 e. The number of hydrogen-bond acceptors (Lipinski definition) is 3. The van der Waals surface area contributed by atoms with E-state index in [-0.39, 0.29) is 6.04 Å². The van der Waals surface area contributed by atoms with Crippen LogP contribution in [-0.4, -0.2) is 35.3 Å². The Morgan fingerprint density at radius 3 is 2.86 bits per heavy atom. The highest BCUT2D eigenvalue weighted by molar-refractivity contribution is 5.10. The van der Waals surface area contributed by atoms with Crippen molar-refractivity contribution in [3.05, 3.63) is 18.0 Å². The van der Waals surface area contributed by atoms with Crippen molar-refractivity contribution in [1.29, 1.82) is 0 Å². The number of aryl methyl sites for hydroxylation is 1. The van der Waals surface area contributed by atoms with Crippen LogP contribution in [0.15, 0.2) is 12.4 Å². The molecule has 0 spiro atoms. The zero-order valence-corrected chi connectivity index (χ0v) is 9.27. The molecule has 4 heteroatoms. The maximum absolute atomic E-state index is 6.01. The molecule has 0 saturated carbocycles. The summed E-state index contributed by atoms with van der Waals surface area (Å²) in [6, 6.07) is 0.0654. The Morgan fingerprint density at radius 1 is 1.57 bits per heavy atom. The molecule has 2 N–H and O–H groups in total. The Kier molecular flexibility index (Phi) is 4.10. The molecule has 4 nitrogen and oxygen atoms in total. The maximum atomic E-state index is 6.01. The van der Waals surface area contributed by atoms with Crippen molar-refractivity contribution in [3.63, 3.8) is 0 Å². The third-order valence-electron chi connectivity index (χ3n) is 2.10. The minimum Gasteiger partial charge on any atom is -0.323 e. The van der Waals surface area contributed by atoms with Crippen molar-refractivity contribution in [2.75, 3.05) is 20.6 Å². The Labute approximate surface area is 85.7 Å². The lowest BCUT2D eigenvalue weighted by atomic mass is 10.2. The third kappa shape index (κ3) is 3.12. The molecule has 1 heterocycles. The van der Waals surface area contributed by atoms with Crippen LogP contribution in [0.2, 0.25) is 0 Å². The smallest absolute Gasteiger partial charge is 0.0538 e. The molecule has 0 aliphatic heterocycles. The van der Waals surface area contributed by atoms with Gasteiger partial charge in [-0.2, -0.15) is 5.10 Å². The fourth-order valence-corrected chi connectivity index (χ4v) is 1.42. The summed E-state index contributed by atoms with van der Waals surface area (Å²) in [5.41, 5.74) is 7.13. The minimum atomic E-state index is 0.0654. The highest BCUT2D eigenvalue weighted by Crippen LogP contribution is 2.09. The van der Waals surface area contributed by atoms with Crippen LogP contribution in [0.3, 0.4) is 0 Å². The standard InChI is InChI=1S/C10H20N4/c1-4-5-14-7-9(6-12-14)10(11)8-13(2)3/h6-7,10H,4-5,8,11H2,1-3H3. The molecule has 1 unspecified atom stereocenters. The number of nitrogens with zero attached hydrogens (tertiary/aromatic N) is 3. The molecule has 1 rings (SSSR count). The molecule has 14 heavy (non-hydrogen) atoms. The second-order valence-corrected chi connectivity index (χ2v) is 3.91. The van der Waals surface area contributed by atoms with Gasteiger partial charge in [-0.15, -0.1) is 0 Å². The van der Waals surface area contributed by atoms with E-state index in [9.17, 15) is 0 Å². The van der Waals surface area contributed by atoms with Crippen LogP contribution in [0.5, 0.6) is 0 Å². The van der Waals surface area contributed by atoms with E-state index in [2.05, 4.69) is 16.9 Å². The van der Waals surface area contributed by atoms with Crippen molar-refractivity contribution in [2.24, 2.45) is 5.73 Å². The molecule has 80 valence electrons. The summed E-state index contributed by atoms with van der Waals surface area (Å²) in [6.45, 7) is 3.97. The highest BCUT2D eigenvalue weighted by Gasteiger charge is 2.08. The molecule has 1 atom stereocenters. The van der Waals surface area contributed by atoms with E-state index < -0.39 is 0 Å². The fourth-order valence-electron chi connectivity index (χ4n) is 1.42. The van der Waals surface area contributed by atoms with Crippen molar-refractivity contribution in [1.82, 2.24) is 14.7 Å². The number of rotatable bonds is 5. The Bertz CT molecular complexity index is 267. The summed E-state index contributed by atoms with van der Waals surface area (Å²) in [7, 11) is 4.05. The van der Waals surface area contributed by atoms with Gasteiger partial charge < -0.3 is 10.6 Å². The largest absolute Gasteiger partial charge is 0.323 e. The van der Waals surface area contributed by atoms with Gasteiger partial charge in [0.05, 0.1) is 6.20 Å². The van der Waals surface area contributed by atoms with E-state index in [0.717, 1.165) is 25.1 Å². The summed E-state index contributed by atoms with van der Waals surface area (Å²) in [5, 5.41) is 4.25. The van der Waals surface area contributed by atoms with Gasteiger partial charge in [0.1, 0.15) is 0 Å². The van der Waals surface area contributed by atoms with Crippen LogP contribution in [0.25, 0.3) is 0 Å². The van der Waals surface area contributed by atoms with E-state index >= 15 is 0 Å². The summed E-state index contributed by atoms with van der Waals surface area (Å²) >= 11 is 0. The highest BCUT2D eigenvalue weighted by atomic mass is 15.3. The number of hydrogen-bond donors (Lipinski definition) is 1. The Balaban J connectivity index is 2.57. The molecule has 0 amide bonds. The Morgan fingerprint density at radius 2 is 2.29 bits per heavy atom. The predicted octanol–water partition coefficient (Wildman–Crippen LogP) is 0.854. The van der Waals surface area contributed by atoms with Gasteiger partial charge in [0.15, 0.2) is 0 Å². The van der Waals surface area contributed by atoms with E-state index in [4.69, 9.17) is 5.73 Å². The lowest BCUT2D eigenvalue weighted by molar-refractivity contribution is 0.376. The summed E-state index contributed by atoms with van der Waals surface area (Å²) in [4.78, 5) is 2.09. The monoisotopic (exact) mass is 196 g/mol. The molecule has 1 aromatic heterocycles. The molecular formula is C10H20N4. The zero-order valence-electron chi connectivity index (χ0n) is 9.27.